The molecule has 0 spiro atoms. The number of amides is 1. The minimum atomic E-state index is -0.859. The molecule has 0 aromatic carbocycles. The van der Waals surface area contributed by atoms with E-state index in [-0.39, 0.29) is 11.8 Å². The number of nitriles is 2. The van der Waals surface area contributed by atoms with Crippen molar-refractivity contribution in [3.8, 4) is 12.1 Å². The van der Waals surface area contributed by atoms with Gasteiger partial charge < -0.3 is 10.2 Å². The molecule has 0 unspecified atom stereocenters. The summed E-state index contributed by atoms with van der Waals surface area (Å²) >= 11 is 0. The molecule has 1 saturated heterocycles. The first kappa shape index (κ1) is 18.9. The lowest BCUT2D eigenvalue weighted by atomic mass is 9.83. The van der Waals surface area contributed by atoms with E-state index in [1.807, 2.05) is 19.9 Å². The molecule has 2 aromatic heterocycles. The first-order valence-electron chi connectivity index (χ1n) is 9.74. The molecule has 0 bridgehead atoms. The van der Waals surface area contributed by atoms with Crippen LogP contribution in [0.1, 0.15) is 38.7 Å². The van der Waals surface area contributed by atoms with Crippen LogP contribution in [0, 0.1) is 34.0 Å². The molecule has 1 atom stereocenters. The summed E-state index contributed by atoms with van der Waals surface area (Å²) in [5, 5.41) is 22.0. The molecule has 0 radical (unpaired) electrons. The normalized spacial score (nSPS) is 21.5. The number of anilines is 3. The molecule has 29 heavy (non-hydrogen) atoms. The number of nitrogens with zero attached hydrogens (tertiary/aromatic N) is 5. The van der Waals surface area contributed by atoms with Crippen molar-refractivity contribution >= 4 is 23.2 Å². The Labute approximate surface area is 170 Å². The largest absolute Gasteiger partial charge is 0.325 e. The zero-order valence-electron chi connectivity index (χ0n) is 16.5. The summed E-state index contributed by atoms with van der Waals surface area (Å²) in [6, 6.07) is 11.8. The molecule has 1 aliphatic carbocycles. The zero-order chi connectivity index (χ0) is 20.6. The van der Waals surface area contributed by atoms with Gasteiger partial charge in [-0.1, -0.05) is 6.07 Å². The van der Waals surface area contributed by atoms with E-state index in [0.717, 1.165) is 24.1 Å². The maximum Gasteiger partial charge on any atom is 0.247 e. The third kappa shape index (κ3) is 3.30. The van der Waals surface area contributed by atoms with Crippen molar-refractivity contribution in [1.82, 2.24) is 9.97 Å². The first-order valence-corrected chi connectivity index (χ1v) is 9.74. The van der Waals surface area contributed by atoms with E-state index >= 15 is 0 Å². The maximum atomic E-state index is 13.0. The van der Waals surface area contributed by atoms with Crippen molar-refractivity contribution in [1.29, 1.82) is 10.5 Å². The Morgan fingerprint density at radius 3 is 2.62 bits per heavy atom. The third-order valence-corrected chi connectivity index (χ3v) is 5.91. The number of carbonyl (C=O) groups is 1. The Morgan fingerprint density at radius 1 is 1.21 bits per heavy atom. The average molecular weight is 386 g/mol. The Morgan fingerprint density at radius 2 is 2.00 bits per heavy atom. The highest BCUT2D eigenvalue weighted by Crippen LogP contribution is 2.51. The molecule has 1 N–H and O–H groups in total. The average Bonchev–Trinajstić information content (AvgIpc) is 3.53. The molecular formula is C22H22N6O. The van der Waals surface area contributed by atoms with Crippen LogP contribution in [-0.2, 0) is 10.2 Å². The quantitative estimate of drug-likeness (QED) is 0.840. The minimum absolute atomic E-state index is 0.0964. The van der Waals surface area contributed by atoms with Crippen LogP contribution in [0.5, 0.6) is 0 Å². The Bertz CT molecular complexity index is 1030. The molecule has 7 heteroatoms. The standard InChI is InChI=1S/C22H22N6O/c1-21(2,13-23)16-5-6-18(26-12-16)27-19-11-17(7-9-25-19)28-10-8-22(14-24,20(28)29)15-3-4-15/h5-7,9,11-12,15H,3-4,8,10H2,1-2H3,(H,25,26,27)/t22-/m1/s1. The van der Waals surface area contributed by atoms with Crippen LogP contribution < -0.4 is 10.2 Å². The summed E-state index contributed by atoms with van der Waals surface area (Å²) in [5.41, 5.74) is 0.103. The van der Waals surface area contributed by atoms with Gasteiger partial charge in [0.25, 0.3) is 0 Å². The first-order chi connectivity index (χ1) is 13.9. The van der Waals surface area contributed by atoms with Crippen molar-refractivity contribution in [2.24, 2.45) is 11.3 Å². The Hall–Kier alpha value is -3.45. The topological polar surface area (TPSA) is 106 Å². The highest BCUT2D eigenvalue weighted by molar-refractivity contribution is 6.02. The molecule has 146 valence electrons. The van der Waals surface area contributed by atoms with E-state index in [1.54, 1.807) is 35.5 Å². The number of hydrogen-bond donors (Lipinski definition) is 1. The number of nitrogens with one attached hydrogen (secondary N) is 1. The lowest BCUT2D eigenvalue weighted by molar-refractivity contribution is -0.123. The van der Waals surface area contributed by atoms with Crippen molar-refractivity contribution in [3.63, 3.8) is 0 Å². The molecule has 1 amide bonds. The summed E-state index contributed by atoms with van der Waals surface area (Å²) in [6.07, 6.45) is 5.81. The van der Waals surface area contributed by atoms with Crippen LogP contribution in [0.2, 0.25) is 0 Å². The highest BCUT2D eigenvalue weighted by atomic mass is 16.2. The van der Waals surface area contributed by atoms with Gasteiger partial charge in [-0.25, -0.2) is 9.97 Å². The van der Waals surface area contributed by atoms with Gasteiger partial charge in [0.15, 0.2) is 0 Å². The zero-order valence-corrected chi connectivity index (χ0v) is 16.5. The molecule has 7 nitrogen and oxygen atoms in total. The lowest BCUT2D eigenvalue weighted by Crippen LogP contribution is -2.35. The summed E-state index contributed by atoms with van der Waals surface area (Å²) in [4.78, 5) is 23.4. The van der Waals surface area contributed by atoms with Crippen molar-refractivity contribution in [2.45, 2.75) is 38.5 Å². The van der Waals surface area contributed by atoms with Crippen LogP contribution in [-0.4, -0.2) is 22.4 Å². The van der Waals surface area contributed by atoms with Crippen LogP contribution in [0.4, 0.5) is 17.3 Å². The fraction of sp³-hybridized carbons (Fsp3) is 0.409. The lowest BCUT2D eigenvalue weighted by Gasteiger charge is -2.21. The van der Waals surface area contributed by atoms with Crippen LogP contribution in [0.15, 0.2) is 36.7 Å². The Kier molecular flexibility index (Phi) is 4.47. The fourth-order valence-corrected chi connectivity index (χ4v) is 3.82. The van der Waals surface area contributed by atoms with Crippen LogP contribution in [0.3, 0.4) is 0 Å². The molecule has 2 fully saturated rings. The summed E-state index contributed by atoms with van der Waals surface area (Å²) in [5.74, 6) is 1.27. The second kappa shape index (κ2) is 6.86. The Balaban J connectivity index is 1.52. The van der Waals surface area contributed by atoms with Gasteiger partial charge in [0.05, 0.1) is 17.6 Å². The van der Waals surface area contributed by atoms with Crippen LogP contribution >= 0.6 is 0 Å². The van der Waals surface area contributed by atoms with Crippen LogP contribution in [0.25, 0.3) is 0 Å². The molecule has 4 rings (SSSR count). The van der Waals surface area contributed by atoms with Crippen molar-refractivity contribution < 1.29 is 4.79 Å². The molecular weight excluding hydrogens is 364 g/mol. The second-order valence-corrected chi connectivity index (χ2v) is 8.26. The number of hydrogen-bond acceptors (Lipinski definition) is 6. The van der Waals surface area contributed by atoms with Gasteiger partial charge in [-0.2, -0.15) is 10.5 Å². The molecule has 1 saturated carbocycles. The number of pyridine rings is 2. The van der Waals surface area contributed by atoms with Gasteiger partial charge in [0.1, 0.15) is 17.1 Å². The van der Waals surface area contributed by atoms with E-state index in [0.29, 0.717) is 24.6 Å². The predicted molar refractivity (Wildman–Crippen MR) is 108 cm³/mol. The summed E-state index contributed by atoms with van der Waals surface area (Å²) in [6.45, 7) is 4.23. The van der Waals surface area contributed by atoms with Gasteiger partial charge in [-0.3, -0.25) is 4.79 Å². The van der Waals surface area contributed by atoms with E-state index in [9.17, 15) is 15.3 Å². The second-order valence-electron chi connectivity index (χ2n) is 8.26. The van der Waals surface area contributed by atoms with Gasteiger partial charge in [0.2, 0.25) is 5.91 Å². The highest BCUT2D eigenvalue weighted by Gasteiger charge is 2.56. The number of rotatable bonds is 5. The van der Waals surface area contributed by atoms with E-state index < -0.39 is 10.8 Å². The summed E-state index contributed by atoms with van der Waals surface area (Å²) < 4.78 is 0. The molecule has 3 heterocycles. The summed E-state index contributed by atoms with van der Waals surface area (Å²) in [7, 11) is 0. The van der Waals surface area contributed by atoms with E-state index in [2.05, 4.69) is 27.4 Å². The van der Waals surface area contributed by atoms with E-state index in [4.69, 9.17) is 0 Å². The number of carbonyl (C=O) groups excluding carboxylic acids is 1. The van der Waals surface area contributed by atoms with Gasteiger partial charge in [-0.15, -0.1) is 0 Å². The maximum absolute atomic E-state index is 13.0. The van der Waals surface area contributed by atoms with Crippen molar-refractivity contribution in [3.05, 3.63) is 42.2 Å². The van der Waals surface area contributed by atoms with Crippen molar-refractivity contribution in [2.75, 3.05) is 16.8 Å². The molecule has 2 aliphatic rings. The number of aromatic nitrogens is 2. The van der Waals surface area contributed by atoms with Gasteiger partial charge in [-0.05, 0) is 56.7 Å². The molecule has 1 aliphatic heterocycles. The molecule has 2 aromatic rings. The fourth-order valence-electron chi connectivity index (χ4n) is 3.82. The monoisotopic (exact) mass is 386 g/mol. The van der Waals surface area contributed by atoms with E-state index in [1.165, 1.54) is 0 Å². The van der Waals surface area contributed by atoms with Gasteiger partial charge >= 0.3 is 0 Å². The minimum Gasteiger partial charge on any atom is -0.325 e. The SMILES string of the molecule is CC(C)(C#N)c1ccc(Nc2cc(N3CC[C@@](C#N)(C4CC4)C3=O)ccn2)nc1. The predicted octanol–water partition coefficient (Wildman–Crippen LogP) is 3.68. The smallest absolute Gasteiger partial charge is 0.247 e. The third-order valence-electron chi connectivity index (χ3n) is 5.91. The van der Waals surface area contributed by atoms with Gasteiger partial charge in [0, 0.05) is 30.7 Å².